The maximum absolute atomic E-state index is 5.87. The van der Waals surface area contributed by atoms with Gasteiger partial charge in [0, 0.05) is 18.0 Å². The van der Waals surface area contributed by atoms with Crippen molar-refractivity contribution in [2.75, 3.05) is 13.2 Å². The molecule has 0 aliphatic rings. The number of benzene rings is 2. The first-order valence-electron chi connectivity index (χ1n) is 6.67. The molecule has 0 bridgehead atoms. The molecule has 2 nitrogen and oxygen atoms in total. The van der Waals surface area contributed by atoms with Crippen LogP contribution in [0, 0.1) is 0 Å². The molecular weight excluding hydrogens is 234 g/mol. The predicted octanol–water partition coefficient (Wildman–Crippen LogP) is 3.77. The van der Waals surface area contributed by atoms with Crippen molar-refractivity contribution in [1.29, 1.82) is 0 Å². The number of rotatable bonds is 6. The predicted molar refractivity (Wildman–Crippen MR) is 81.7 cm³/mol. The van der Waals surface area contributed by atoms with Crippen LogP contribution >= 0.6 is 0 Å². The highest BCUT2D eigenvalue weighted by Gasteiger charge is 2.02. The van der Waals surface area contributed by atoms with Crippen LogP contribution in [-0.2, 0) is 0 Å². The maximum Gasteiger partial charge on any atom is 0.127 e. The van der Waals surface area contributed by atoms with Gasteiger partial charge < -0.3 is 10.1 Å². The highest BCUT2D eigenvalue weighted by Crippen LogP contribution is 2.25. The van der Waals surface area contributed by atoms with Gasteiger partial charge in [-0.3, -0.25) is 0 Å². The van der Waals surface area contributed by atoms with Crippen molar-refractivity contribution in [2.45, 2.75) is 19.9 Å². The van der Waals surface area contributed by atoms with Crippen LogP contribution in [0.5, 0.6) is 5.75 Å². The number of hydrogen-bond acceptors (Lipinski definition) is 2. The van der Waals surface area contributed by atoms with Crippen LogP contribution in [0.25, 0.3) is 10.8 Å². The second kappa shape index (κ2) is 6.39. The molecule has 0 radical (unpaired) electrons. The summed E-state index contributed by atoms with van der Waals surface area (Å²) in [7, 11) is 0. The largest absolute Gasteiger partial charge is 0.489 e. The minimum absolute atomic E-state index is 0.467. The third-order valence-electron chi connectivity index (χ3n) is 2.94. The molecule has 100 valence electrons. The van der Waals surface area contributed by atoms with E-state index in [1.54, 1.807) is 0 Å². The SMILES string of the molecule is C=C(CNC(C)C)COc1cccc2ccccc12. The average Bonchev–Trinajstić information content (AvgIpc) is 2.42. The van der Waals surface area contributed by atoms with Crippen LogP contribution in [0.4, 0.5) is 0 Å². The molecular formula is C17H21NO. The highest BCUT2D eigenvalue weighted by molar-refractivity contribution is 5.88. The van der Waals surface area contributed by atoms with Crippen molar-refractivity contribution in [3.8, 4) is 5.75 Å². The lowest BCUT2D eigenvalue weighted by Crippen LogP contribution is -2.26. The third-order valence-corrected chi connectivity index (χ3v) is 2.94. The van der Waals surface area contributed by atoms with Gasteiger partial charge in [-0.2, -0.15) is 0 Å². The zero-order chi connectivity index (χ0) is 13.7. The molecule has 0 spiro atoms. The lowest BCUT2D eigenvalue weighted by Gasteiger charge is -2.13. The van der Waals surface area contributed by atoms with Crippen LogP contribution in [0.15, 0.2) is 54.6 Å². The van der Waals surface area contributed by atoms with Gasteiger partial charge >= 0.3 is 0 Å². The van der Waals surface area contributed by atoms with Crippen molar-refractivity contribution in [2.24, 2.45) is 0 Å². The molecule has 0 aliphatic carbocycles. The van der Waals surface area contributed by atoms with Crippen molar-refractivity contribution in [3.63, 3.8) is 0 Å². The van der Waals surface area contributed by atoms with E-state index in [0.717, 1.165) is 23.3 Å². The van der Waals surface area contributed by atoms with Gasteiger partial charge in [0.25, 0.3) is 0 Å². The minimum atomic E-state index is 0.467. The molecule has 0 heterocycles. The monoisotopic (exact) mass is 255 g/mol. The van der Waals surface area contributed by atoms with Gasteiger partial charge in [0.1, 0.15) is 12.4 Å². The minimum Gasteiger partial charge on any atom is -0.489 e. The average molecular weight is 255 g/mol. The van der Waals surface area contributed by atoms with Gasteiger partial charge in [0.15, 0.2) is 0 Å². The van der Waals surface area contributed by atoms with Crippen molar-refractivity contribution >= 4 is 10.8 Å². The van der Waals surface area contributed by atoms with Gasteiger partial charge in [-0.05, 0) is 17.0 Å². The summed E-state index contributed by atoms with van der Waals surface area (Å²) in [4.78, 5) is 0. The second-order valence-corrected chi connectivity index (χ2v) is 5.05. The van der Waals surface area contributed by atoms with E-state index in [1.807, 2.05) is 24.3 Å². The number of fused-ring (bicyclic) bond motifs is 1. The highest BCUT2D eigenvalue weighted by atomic mass is 16.5. The van der Waals surface area contributed by atoms with Crippen LogP contribution < -0.4 is 10.1 Å². The third kappa shape index (κ3) is 3.83. The Kier molecular flexibility index (Phi) is 4.58. The summed E-state index contributed by atoms with van der Waals surface area (Å²) in [6, 6.07) is 14.8. The zero-order valence-corrected chi connectivity index (χ0v) is 11.6. The second-order valence-electron chi connectivity index (χ2n) is 5.05. The molecule has 0 fully saturated rings. The van der Waals surface area contributed by atoms with Gasteiger partial charge in [0.2, 0.25) is 0 Å². The van der Waals surface area contributed by atoms with Crippen molar-refractivity contribution in [3.05, 3.63) is 54.6 Å². The Morgan fingerprint density at radius 2 is 1.89 bits per heavy atom. The van der Waals surface area contributed by atoms with Crippen LogP contribution in [0.1, 0.15) is 13.8 Å². The molecule has 0 aromatic heterocycles. The van der Waals surface area contributed by atoms with E-state index in [4.69, 9.17) is 4.74 Å². The number of hydrogen-bond donors (Lipinski definition) is 1. The first-order valence-corrected chi connectivity index (χ1v) is 6.67. The quantitative estimate of drug-likeness (QED) is 0.793. The van der Waals surface area contributed by atoms with E-state index in [1.165, 1.54) is 5.39 Å². The number of nitrogens with one attached hydrogen (secondary N) is 1. The summed E-state index contributed by atoms with van der Waals surface area (Å²) in [5.74, 6) is 0.920. The standard InChI is InChI=1S/C17H21NO/c1-13(2)18-11-14(3)12-19-17-10-6-8-15-7-4-5-9-16(15)17/h4-10,13,18H,3,11-12H2,1-2H3. The summed E-state index contributed by atoms with van der Waals surface area (Å²) >= 11 is 0. The van der Waals surface area contributed by atoms with E-state index >= 15 is 0 Å². The Morgan fingerprint density at radius 1 is 1.16 bits per heavy atom. The summed E-state index contributed by atoms with van der Waals surface area (Å²) < 4.78 is 5.87. The molecule has 2 heteroatoms. The van der Waals surface area contributed by atoms with E-state index in [2.05, 4.69) is 43.9 Å². The normalized spacial score (nSPS) is 10.9. The van der Waals surface area contributed by atoms with E-state index in [-0.39, 0.29) is 0 Å². The van der Waals surface area contributed by atoms with Crippen molar-refractivity contribution < 1.29 is 4.74 Å². The molecule has 2 aromatic rings. The maximum atomic E-state index is 5.87. The Balaban J connectivity index is 2.00. The molecule has 0 aliphatic heterocycles. The molecule has 1 N–H and O–H groups in total. The molecule has 0 unspecified atom stereocenters. The fraction of sp³-hybridized carbons (Fsp3) is 0.294. The van der Waals surface area contributed by atoms with Gasteiger partial charge in [-0.25, -0.2) is 0 Å². The molecule has 0 saturated heterocycles. The van der Waals surface area contributed by atoms with Gasteiger partial charge in [-0.1, -0.05) is 56.8 Å². The molecule has 0 saturated carbocycles. The fourth-order valence-electron chi connectivity index (χ4n) is 1.90. The summed E-state index contributed by atoms with van der Waals surface area (Å²) in [6.07, 6.45) is 0. The lowest BCUT2D eigenvalue weighted by atomic mass is 10.1. The first kappa shape index (κ1) is 13.6. The van der Waals surface area contributed by atoms with E-state index in [9.17, 15) is 0 Å². The molecule has 0 atom stereocenters. The summed E-state index contributed by atoms with van der Waals surface area (Å²) in [6.45, 7) is 9.63. The molecule has 2 rings (SSSR count). The van der Waals surface area contributed by atoms with Gasteiger partial charge in [-0.15, -0.1) is 0 Å². The van der Waals surface area contributed by atoms with E-state index < -0.39 is 0 Å². The van der Waals surface area contributed by atoms with Crippen LogP contribution in [0.3, 0.4) is 0 Å². The molecule has 19 heavy (non-hydrogen) atoms. The first-order chi connectivity index (χ1) is 9.16. The Bertz CT molecular complexity index is 555. The summed E-state index contributed by atoms with van der Waals surface area (Å²) in [5.41, 5.74) is 1.06. The fourth-order valence-corrected chi connectivity index (χ4v) is 1.90. The number of ether oxygens (including phenoxy) is 1. The van der Waals surface area contributed by atoms with Crippen LogP contribution in [-0.4, -0.2) is 19.2 Å². The van der Waals surface area contributed by atoms with Crippen LogP contribution in [0.2, 0.25) is 0 Å². The Labute approximate surface area is 115 Å². The Hall–Kier alpha value is -1.80. The zero-order valence-electron chi connectivity index (χ0n) is 11.6. The lowest BCUT2D eigenvalue weighted by molar-refractivity contribution is 0.351. The molecule has 0 amide bonds. The van der Waals surface area contributed by atoms with E-state index in [0.29, 0.717) is 12.6 Å². The Morgan fingerprint density at radius 3 is 2.68 bits per heavy atom. The smallest absolute Gasteiger partial charge is 0.127 e. The molecule has 2 aromatic carbocycles. The topological polar surface area (TPSA) is 21.3 Å². The van der Waals surface area contributed by atoms with Gasteiger partial charge in [0.05, 0.1) is 0 Å². The summed E-state index contributed by atoms with van der Waals surface area (Å²) in [5, 5.41) is 5.69. The van der Waals surface area contributed by atoms with Crippen molar-refractivity contribution in [1.82, 2.24) is 5.32 Å².